The first-order valence-corrected chi connectivity index (χ1v) is 7.19. The van der Waals surface area contributed by atoms with Gasteiger partial charge in [-0.15, -0.1) is 0 Å². The molecule has 2 bridgehead atoms. The highest BCUT2D eigenvalue weighted by Crippen LogP contribution is 2.38. The smallest absolute Gasteiger partial charge is 0.187 e. The van der Waals surface area contributed by atoms with Crippen molar-refractivity contribution in [3.8, 4) is 5.75 Å². The van der Waals surface area contributed by atoms with E-state index in [2.05, 4.69) is 28.0 Å². The van der Waals surface area contributed by atoms with Crippen molar-refractivity contribution in [2.75, 3.05) is 0 Å². The molecule has 0 unspecified atom stereocenters. The van der Waals surface area contributed by atoms with Crippen molar-refractivity contribution in [2.24, 2.45) is 16.9 Å². The zero-order chi connectivity index (χ0) is 13.9. The molecule has 4 nitrogen and oxygen atoms in total. The molecule has 5 heteroatoms. The number of thiocarbonyl (C=S) groups is 1. The number of hydrogen-bond donors (Lipinski definition) is 3. The number of rotatable bonds is 3. The van der Waals surface area contributed by atoms with Crippen LogP contribution in [0.1, 0.15) is 18.4 Å². The molecule has 0 aromatic heterocycles. The van der Waals surface area contributed by atoms with Gasteiger partial charge >= 0.3 is 0 Å². The largest absolute Gasteiger partial charge is 0.507 e. The van der Waals surface area contributed by atoms with Crippen LogP contribution in [0.25, 0.3) is 0 Å². The van der Waals surface area contributed by atoms with Crippen LogP contribution < -0.4 is 10.7 Å². The summed E-state index contributed by atoms with van der Waals surface area (Å²) < 4.78 is 0. The second-order valence-electron chi connectivity index (χ2n) is 5.29. The summed E-state index contributed by atoms with van der Waals surface area (Å²) in [5.74, 6) is 1.52. The average molecular weight is 287 g/mol. The van der Waals surface area contributed by atoms with E-state index in [0.717, 1.165) is 6.42 Å². The molecule has 1 saturated carbocycles. The average Bonchev–Trinajstić information content (AvgIpc) is 3.03. The lowest BCUT2D eigenvalue weighted by Crippen LogP contribution is -2.42. The molecule has 2 aliphatic carbocycles. The predicted molar refractivity (Wildman–Crippen MR) is 83.7 cm³/mol. The third kappa shape index (κ3) is 2.82. The predicted octanol–water partition coefficient (Wildman–Crippen LogP) is 2.15. The van der Waals surface area contributed by atoms with Gasteiger partial charge in [-0.25, -0.2) is 0 Å². The monoisotopic (exact) mass is 287 g/mol. The zero-order valence-corrected chi connectivity index (χ0v) is 11.8. The maximum absolute atomic E-state index is 9.60. The van der Waals surface area contributed by atoms with Gasteiger partial charge in [0.25, 0.3) is 0 Å². The van der Waals surface area contributed by atoms with E-state index in [1.165, 1.54) is 6.42 Å². The van der Waals surface area contributed by atoms with Crippen molar-refractivity contribution in [3.05, 3.63) is 42.0 Å². The number of fused-ring (bicyclic) bond motifs is 2. The number of aromatic hydroxyl groups is 1. The molecule has 0 heterocycles. The topological polar surface area (TPSA) is 56.7 Å². The van der Waals surface area contributed by atoms with Crippen molar-refractivity contribution in [3.63, 3.8) is 0 Å². The van der Waals surface area contributed by atoms with E-state index in [1.54, 1.807) is 24.4 Å². The third-order valence-electron chi connectivity index (χ3n) is 3.90. The number of benzene rings is 1. The molecule has 3 rings (SSSR count). The Morgan fingerprint density at radius 1 is 1.30 bits per heavy atom. The van der Waals surface area contributed by atoms with Crippen LogP contribution >= 0.6 is 12.2 Å². The molecule has 3 atom stereocenters. The lowest BCUT2D eigenvalue weighted by Gasteiger charge is -2.20. The molecule has 0 saturated heterocycles. The van der Waals surface area contributed by atoms with E-state index < -0.39 is 0 Å². The summed E-state index contributed by atoms with van der Waals surface area (Å²) in [7, 11) is 0. The van der Waals surface area contributed by atoms with Crippen molar-refractivity contribution < 1.29 is 5.11 Å². The summed E-state index contributed by atoms with van der Waals surface area (Å²) in [6.45, 7) is 0. The second kappa shape index (κ2) is 5.63. The van der Waals surface area contributed by atoms with E-state index >= 15 is 0 Å². The fraction of sp³-hybridized carbons (Fsp3) is 0.333. The van der Waals surface area contributed by atoms with Gasteiger partial charge in [0.15, 0.2) is 5.11 Å². The van der Waals surface area contributed by atoms with Gasteiger partial charge in [-0.05, 0) is 49.0 Å². The van der Waals surface area contributed by atoms with E-state index in [0.29, 0.717) is 28.6 Å². The van der Waals surface area contributed by atoms with Crippen LogP contribution in [-0.4, -0.2) is 22.5 Å². The van der Waals surface area contributed by atoms with Crippen molar-refractivity contribution in [1.82, 2.24) is 10.7 Å². The SMILES string of the molecule is Oc1ccccc1/C=N/NC(=S)N[C@H]1C[C@H]2C=C[C@@H]1C2. The quantitative estimate of drug-likeness (QED) is 0.345. The Labute approximate surface area is 123 Å². The van der Waals surface area contributed by atoms with Crippen LogP contribution in [0.2, 0.25) is 0 Å². The fourth-order valence-electron chi connectivity index (χ4n) is 2.90. The second-order valence-corrected chi connectivity index (χ2v) is 5.70. The highest BCUT2D eigenvalue weighted by atomic mass is 32.1. The maximum atomic E-state index is 9.60. The summed E-state index contributed by atoms with van der Waals surface area (Å²) in [6, 6.07) is 7.45. The van der Waals surface area contributed by atoms with Gasteiger partial charge in [-0.3, -0.25) is 5.43 Å². The summed E-state index contributed by atoms with van der Waals surface area (Å²) in [6.07, 6.45) is 8.52. The fourth-order valence-corrected chi connectivity index (χ4v) is 3.11. The normalized spacial score (nSPS) is 27.1. The van der Waals surface area contributed by atoms with Gasteiger partial charge in [0.2, 0.25) is 0 Å². The molecule has 1 fully saturated rings. The number of allylic oxidation sites excluding steroid dienone is 1. The lowest BCUT2D eigenvalue weighted by molar-refractivity contribution is 0.474. The number of phenols is 1. The van der Waals surface area contributed by atoms with Gasteiger partial charge < -0.3 is 10.4 Å². The van der Waals surface area contributed by atoms with Crippen molar-refractivity contribution >= 4 is 23.5 Å². The van der Waals surface area contributed by atoms with Gasteiger partial charge in [0.05, 0.1) is 6.21 Å². The first-order chi connectivity index (χ1) is 9.72. The standard InChI is InChI=1S/C15H17N3OS/c19-14-4-2-1-3-12(14)9-16-18-15(20)17-13-8-10-5-6-11(13)7-10/h1-6,9-11,13,19H,7-8H2,(H2,17,18,20)/b16-9+/t10-,11+,13-/m0/s1. The molecule has 3 N–H and O–H groups in total. The van der Waals surface area contributed by atoms with Crippen LogP contribution in [0.5, 0.6) is 5.75 Å². The molecule has 20 heavy (non-hydrogen) atoms. The Balaban J connectivity index is 1.50. The molecular weight excluding hydrogens is 270 g/mol. The minimum atomic E-state index is 0.204. The highest BCUT2D eigenvalue weighted by molar-refractivity contribution is 7.80. The summed E-state index contributed by atoms with van der Waals surface area (Å²) >= 11 is 5.23. The zero-order valence-electron chi connectivity index (χ0n) is 11.0. The van der Waals surface area contributed by atoms with Crippen LogP contribution in [0.15, 0.2) is 41.5 Å². The molecule has 2 aliphatic rings. The summed E-state index contributed by atoms with van der Waals surface area (Å²) in [5, 5.41) is 17.5. The molecule has 0 aliphatic heterocycles. The third-order valence-corrected chi connectivity index (χ3v) is 4.11. The highest BCUT2D eigenvalue weighted by Gasteiger charge is 2.35. The van der Waals surface area contributed by atoms with E-state index in [4.69, 9.17) is 12.2 Å². The molecular formula is C15H17N3OS. The van der Waals surface area contributed by atoms with E-state index in [9.17, 15) is 5.11 Å². The van der Waals surface area contributed by atoms with Crippen LogP contribution in [0, 0.1) is 11.8 Å². The van der Waals surface area contributed by atoms with Gasteiger partial charge in [0, 0.05) is 11.6 Å². The van der Waals surface area contributed by atoms with Gasteiger partial charge in [-0.1, -0.05) is 24.3 Å². The Morgan fingerprint density at radius 3 is 2.85 bits per heavy atom. The van der Waals surface area contributed by atoms with Gasteiger partial charge in [-0.2, -0.15) is 5.10 Å². The van der Waals surface area contributed by atoms with Crippen LogP contribution in [-0.2, 0) is 0 Å². The number of hydrogen-bond acceptors (Lipinski definition) is 3. The number of nitrogens with zero attached hydrogens (tertiary/aromatic N) is 1. The van der Waals surface area contributed by atoms with Crippen LogP contribution in [0.3, 0.4) is 0 Å². The Bertz CT molecular complexity index is 570. The number of nitrogens with one attached hydrogen (secondary N) is 2. The lowest BCUT2D eigenvalue weighted by atomic mass is 10.0. The minimum Gasteiger partial charge on any atom is -0.507 e. The summed E-state index contributed by atoms with van der Waals surface area (Å²) in [4.78, 5) is 0. The minimum absolute atomic E-state index is 0.204. The summed E-state index contributed by atoms with van der Waals surface area (Å²) in [5.41, 5.74) is 3.46. The molecule has 0 amide bonds. The maximum Gasteiger partial charge on any atom is 0.187 e. The number of hydrazone groups is 1. The van der Waals surface area contributed by atoms with Crippen molar-refractivity contribution in [2.45, 2.75) is 18.9 Å². The van der Waals surface area contributed by atoms with Crippen molar-refractivity contribution in [1.29, 1.82) is 0 Å². The first kappa shape index (κ1) is 13.1. The van der Waals surface area contributed by atoms with E-state index in [1.807, 2.05) is 6.07 Å². The molecule has 1 aromatic carbocycles. The molecule has 0 spiro atoms. The Hall–Kier alpha value is -1.88. The molecule has 0 radical (unpaired) electrons. The molecule has 104 valence electrons. The Kier molecular flexibility index (Phi) is 3.69. The van der Waals surface area contributed by atoms with E-state index in [-0.39, 0.29) is 5.75 Å². The number of phenolic OH excluding ortho intramolecular Hbond substituents is 1. The number of para-hydroxylation sites is 1. The Morgan fingerprint density at radius 2 is 2.15 bits per heavy atom. The first-order valence-electron chi connectivity index (χ1n) is 6.78. The van der Waals surface area contributed by atoms with Crippen LogP contribution in [0.4, 0.5) is 0 Å². The van der Waals surface area contributed by atoms with Gasteiger partial charge in [0.1, 0.15) is 5.75 Å². The molecule has 1 aromatic rings.